The first-order valence-corrected chi connectivity index (χ1v) is 8.15. The van der Waals surface area contributed by atoms with Gasteiger partial charge in [0.15, 0.2) is 11.6 Å². The van der Waals surface area contributed by atoms with Crippen molar-refractivity contribution >= 4 is 28.5 Å². The highest BCUT2D eigenvalue weighted by molar-refractivity contribution is 7.14. The van der Waals surface area contributed by atoms with E-state index in [0.29, 0.717) is 10.9 Å². The van der Waals surface area contributed by atoms with Gasteiger partial charge in [0.2, 0.25) is 5.13 Å². The van der Waals surface area contributed by atoms with E-state index in [2.05, 4.69) is 15.5 Å². The van der Waals surface area contributed by atoms with Gasteiger partial charge in [-0.2, -0.15) is 5.10 Å². The summed E-state index contributed by atoms with van der Waals surface area (Å²) >= 11 is 1.36. The summed E-state index contributed by atoms with van der Waals surface area (Å²) in [5, 5.41) is 6.40. The fraction of sp³-hybridized carbons (Fsp3) is 0.0588. The first-order chi connectivity index (χ1) is 12.1. The number of nitrogens with two attached hydrogens (primary N) is 1. The van der Waals surface area contributed by atoms with Crippen LogP contribution in [0.25, 0.3) is 0 Å². The Bertz CT molecular complexity index is 881. The van der Waals surface area contributed by atoms with Gasteiger partial charge in [-0.1, -0.05) is 24.3 Å². The molecule has 1 aromatic heterocycles. The van der Waals surface area contributed by atoms with Crippen LogP contribution in [-0.4, -0.2) is 11.2 Å². The van der Waals surface area contributed by atoms with Crippen LogP contribution in [0.2, 0.25) is 0 Å². The fourth-order valence-electron chi connectivity index (χ4n) is 1.95. The van der Waals surface area contributed by atoms with Gasteiger partial charge in [-0.05, 0) is 23.3 Å². The van der Waals surface area contributed by atoms with Crippen LogP contribution >= 0.6 is 11.3 Å². The van der Waals surface area contributed by atoms with Gasteiger partial charge in [0.25, 0.3) is 0 Å². The minimum absolute atomic E-state index is 0.0129. The topological polar surface area (TPSA) is 72.5 Å². The normalized spacial score (nSPS) is 11.0. The molecule has 0 atom stereocenters. The van der Waals surface area contributed by atoms with Crippen LogP contribution in [-0.2, 0) is 6.61 Å². The van der Waals surface area contributed by atoms with Gasteiger partial charge in [-0.3, -0.25) is 5.43 Å². The highest BCUT2D eigenvalue weighted by Gasteiger charge is 2.05. The van der Waals surface area contributed by atoms with Gasteiger partial charge >= 0.3 is 0 Å². The molecule has 3 aromatic rings. The average molecular weight is 360 g/mol. The molecule has 8 heteroatoms. The third-order valence-corrected chi connectivity index (χ3v) is 3.93. The van der Waals surface area contributed by atoms with E-state index >= 15 is 0 Å². The molecule has 0 amide bonds. The van der Waals surface area contributed by atoms with E-state index in [-0.39, 0.29) is 12.4 Å². The van der Waals surface area contributed by atoms with Gasteiger partial charge in [0.1, 0.15) is 18.2 Å². The third kappa shape index (κ3) is 4.74. The molecule has 3 rings (SSSR count). The van der Waals surface area contributed by atoms with Gasteiger partial charge in [-0.15, -0.1) is 11.3 Å². The molecule has 0 aliphatic heterocycles. The zero-order valence-electron chi connectivity index (χ0n) is 12.9. The van der Waals surface area contributed by atoms with Crippen LogP contribution in [0.3, 0.4) is 0 Å². The summed E-state index contributed by atoms with van der Waals surface area (Å²) in [7, 11) is 0. The number of nitrogens with one attached hydrogen (secondary N) is 1. The van der Waals surface area contributed by atoms with Gasteiger partial charge in [0.05, 0.1) is 6.21 Å². The summed E-state index contributed by atoms with van der Waals surface area (Å²) in [5.74, 6) is -0.899. The minimum Gasteiger partial charge on any atom is -0.486 e. The molecular weight excluding hydrogens is 346 g/mol. The van der Waals surface area contributed by atoms with Crippen molar-refractivity contribution in [3.63, 3.8) is 0 Å². The fourth-order valence-corrected chi connectivity index (χ4v) is 2.50. The summed E-state index contributed by atoms with van der Waals surface area (Å²) < 4.78 is 31.7. The van der Waals surface area contributed by atoms with Gasteiger partial charge < -0.3 is 10.5 Å². The second-order valence-electron chi connectivity index (χ2n) is 5.05. The Balaban J connectivity index is 1.54. The van der Waals surface area contributed by atoms with E-state index in [4.69, 9.17) is 10.5 Å². The summed E-state index contributed by atoms with van der Waals surface area (Å²) in [4.78, 5) is 4.02. The molecule has 128 valence electrons. The predicted molar refractivity (Wildman–Crippen MR) is 94.9 cm³/mol. The number of thiazole rings is 1. The summed E-state index contributed by atoms with van der Waals surface area (Å²) in [6.45, 7) is 0.177. The van der Waals surface area contributed by atoms with Crippen molar-refractivity contribution in [1.29, 1.82) is 0 Å². The zero-order chi connectivity index (χ0) is 17.6. The number of aromatic nitrogens is 1. The Labute approximate surface area is 146 Å². The van der Waals surface area contributed by atoms with Crippen LogP contribution < -0.4 is 15.9 Å². The minimum atomic E-state index is -0.724. The molecule has 0 spiro atoms. The standard InChI is InChI=1S/C17H14F2N4OS/c18-13-5-6-15(14(19)7-13)24-9-12-3-1-11(2-4-12)8-21-23-17-22-16(20)10-25-17/h1-8,10H,9,20H2,(H,22,23). The SMILES string of the molecule is Nc1csc(NN=Cc2ccc(COc3ccc(F)cc3F)cc2)n1. The third-order valence-electron chi connectivity index (χ3n) is 3.16. The molecule has 0 saturated carbocycles. The zero-order valence-corrected chi connectivity index (χ0v) is 13.8. The first kappa shape index (κ1) is 16.8. The number of halogens is 2. The highest BCUT2D eigenvalue weighted by Crippen LogP contribution is 2.19. The maximum absolute atomic E-state index is 13.5. The first-order valence-electron chi connectivity index (χ1n) is 7.27. The molecule has 0 aliphatic rings. The lowest BCUT2D eigenvalue weighted by molar-refractivity contribution is 0.289. The van der Waals surface area contributed by atoms with Crippen molar-refractivity contribution in [3.8, 4) is 5.75 Å². The van der Waals surface area contributed by atoms with E-state index in [1.807, 2.05) is 24.3 Å². The molecule has 0 radical (unpaired) electrons. The van der Waals surface area contributed by atoms with Crippen molar-refractivity contribution in [2.75, 3.05) is 11.2 Å². The molecule has 0 unspecified atom stereocenters. The Morgan fingerprint density at radius 3 is 2.68 bits per heavy atom. The van der Waals surface area contributed by atoms with Crippen LogP contribution in [0.5, 0.6) is 5.75 Å². The Kier molecular flexibility index (Phi) is 5.20. The molecule has 3 N–H and O–H groups in total. The van der Waals surface area contributed by atoms with Crippen molar-refractivity contribution in [3.05, 3.63) is 70.6 Å². The smallest absolute Gasteiger partial charge is 0.205 e. The molecule has 5 nitrogen and oxygen atoms in total. The number of hydrogen-bond acceptors (Lipinski definition) is 6. The molecule has 0 aliphatic carbocycles. The summed E-state index contributed by atoms with van der Waals surface area (Å²) in [6.07, 6.45) is 1.64. The average Bonchev–Trinajstić information content (AvgIpc) is 3.01. The maximum atomic E-state index is 13.5. The second kappa shape index (κ2) is 7.71. The number of nitrogens with zero attached hydrogens (tertiary/aromatic N) is 2. The molecule has 0 saturated heterocycles. The van der Waals surface area contributed by atoms with Crippen LogP contribution in [0.1, 0.15) is 11.1 Å². The molecule has 0 fully saturated rings. The monoisotopic (exact) mass is 360 g/mol. The molecular formula is C17H14F2N4OS. The van der Waals surface area contributed by atoms with Crippen molar-refractivity contribution < 1.29 is 13.5 Å². The van der Waals surface area contributed by atoms with E-state index in [1.165, 1.54) is 17.4 Å². The van der Waals surface area contributed by atoms with Gasteiger partial charge in [0, 0.05) is 11.4 Å². The molecule has 1 heterocycles. The van der Waals surface area contributed by atoms with Crippen molar-refractivity contribution in [2.24, 2.45) is 5.10 Å². The second-order valence-corrected chi connectivity index (χ2v) is 5.91. The lowest BCUT2D eigenvalue weighted by Crippen LogP contribution is -1.98. The number of hydrogen-bond donors (Lipinski definition) is 2. The lowest BCUT2D eigenvalue weighted by atomic mass is 10.1. The number of benzene rings is 2. The number of hydrazone groups is 1. The number of nitrogen functional groups attached to an aromatic ring is 1. The Morgan fingerprint density at radius 1 is 1.20 bits per heavy atom. The van der Waals surface area contributed by atoms with Crippen LogP contribution in [0.15, 0.2) is 52.9 Å². The van der Waals surface area contributed by atoms with Crippen molar-refractivity contribution in [1.82, 2.24) is 4.98 Å². The quantitative estimate of drug-likeness (QED) is 0.514. The molecule has 25 heavy (non-hydrogen) atoms. The van der Waals surface area contributed by atoms with Gasteiger partial charge in [-0.25, -0.2) is 13.8 Å². The number of ether oxygens (including phenoxy) is 1. The van der Waals surface area contributed by atoms with Crippen molar-refractivity contribution in [2.45, 2.75) is 6.61 Å². The van der Waals surface area contributed by atoms with Crippen LogP contribution in [0, 0.1) is 11.6 Å². The molecule has 0 bridgehead atoms. The van der Waals surface area contributed by atoms with E-state index in [9.17, 15) is 8.78 Å². The Morgan fingerprint density at radius 2 is 2.00 bits per heavy atom. The maximum Gasteiger partial charge on any atom is 0.205 e. The number of anilines is 2. The number of rotatable bonds is 6. The Hall–Kier alpha value is -3.00. The lowest BCUT2D eigenvalue weighted by Gasteiger charge is -2.07. The molecule has 2 aromatic carbocycles. The van der Waals surface area contributed by atoms with E-state index in [0.717, 1.165) is 23.3 Å². The van der Waals surface area contributed by atoms with Crippen LogP contribution in [0.4, 0.5) is 19.7 Å². The summed E-state index contributed by atoms with van der Waals surface area (Å²) in [5.41, 5.74) is 10.0. The largest absolute Gasteiger partial charge is 0.486 e. The van der Waals surface area contributed by atoms with E-state index in [1.54, 1.807) is 11.6 Å². The van der Waals surface area contributed by atoms with E-state index < -0.39 is 11.6 Å². The predicted octanol–water partition coefficient (Wildman–Crippen LogP) is 4.03. The summed E-state index contributed by atoms with van der Waals surface area (Å²) in [6, 6.07) is 10.6. The highest BCUT2D eigenvalue weighted by atomic mass is 32.1.